The lowest BCUT2D eigenvalue weighted by Gasteiger charge is -2.01. The molecular weight excluding hydrogens is 168 g/mol. The van der Waals surface area contributed by atoms with Gasteiger partial charge in [0.1, 0.15) is 5.69 Å². The van der Waals surface area contributed by atoms with Crippen molar-refractivity contribution in [3.63, 3.8) is 0 Å². The molecular formula is C9H6N2O2. The Morgan fingerprint density at radius 3 is 2.92 bits per heavy atom. The lowest BCUT2D eigenvalue weighted by atomic mass is 10.2. The Kier molecular flexibility index (Phi) is 2.80. The summed E-state index contributed by atoms with van der Waals surface area (Å²) in [7, 11) is 0. The van der Waals surface area contributed by atoms with Gasteiger partial charge in [-0.1, -0.05) is 12.1 Å². The molecule has 0 aliphatic heterocycles. The fraction of sp³-hybridized carbons (Fsp3) is 0.111. The van der Waals surface area contributed by atoms with Crippen LogP contribution in [-0.4, -0.2) is 6.08 Å². The number of aryl methyl sites for hydroxylation is 1. The molecule has 0 saturated heterocycles. The first-order valence-corrected chi connectivity index (χ1v) is 3.53. The molecule has 0 radical (unpaired) electrons. The zero-order valence-corrected chi connectivity index (χ0v) is 6.94. The number of rotatable bonds is 2. The smallest absolute Gasteiger partial charge is 0.292 e. The van der Waals surface area contributed by atoms with Crippen LogP contribution < -0.4 is 4.74 Å². The van der Waals surface area contributed by atoms with Gasteiger partial charge in [0.2, 0.25) is 6.08 Å². The van der Waals surface area contributed by atoms with Gasteiger partial charge in [0, 0.05) is 0 Å². The van der Waals surface area contributed by atoms with Crippen molar-refractivity contribution in [3.8, 4) is 12.0 Å². The molecule has 0 saturated carbocycles. The van der Waals surface area contributed by atoms with Crippen LogP contribution in [0, 0.1) is 18.4 Å². The average molecular weight is 174 g/mol. The minimum absolute atomic E-state index is 0.269. The Morgan fingerprint density at radius 1 is 1.54 bits per heavy atom. The molecule has 0 bridgehead atoms. The highest BCUT2D eigenvalue weighted by Gasteiger charge is 2.04. The van der Waals surface area contributed by atoms with E-state index in [1.54, 1.807) is 25.1 Å². The predicted octanol–water partition coefficient (Wildman–Crippen LogP) is 1.82. The van der Waals surface area contributed by atoms with Crippen molar-refractivity contribution in [1.29, 1.82) is 5.26 Å². The predicted molar refractivity (Wildman–Crippen MR) is 45.2 cm³/mol. The first-order valence-electron chi connectivity index (χ1n) is 3.53. The quantitative estimate of drug-likeness (QED) is 0.390. The minimum Gasteiger partial charge on any atom is -0.386 e. The first-order chi connectivity index (χ1) is 6.29. The van der Waals surface area contributed by atoms with Crippen LogP contribution in [0.25, 0.3) is 0 Å². The second kappa shape index (κ2) is 4.05. The third-order valence-corrected chi connectivity index (χ3v) is 1.51. The van der Waals surface area contributed by atoms with Gasteiger partial charge in [0.15, 0.2) is 5.75 Å². The number of ether oxygens (including phenoxy) is 1. The summed E-state index contributed by atoms with van der Waals surface area (Å²) in [5.41, 5.74) is 1.11. The molecule has 0 heterocycles. The molecule has 0 aromatic heterocycles. The van der Waals surface area contributed by atoms with E-state index in [0.717, 1.165) is 5.56 Å². The van der Waals surface area contributed by atoms with Crippen LogP contribution in [0.15, 0.2) is 23.2 Å². The van der Waals surface area contributed by atoms with Crippen molar-refractivity contribution in [2.75, 3.05) is 0 Å². The van der Waals surface area contributed by atoms with Gasteiger partial charge >= 0.3 is 0 Å². The Labute approximate surface area is 75.1 Å². The molecule has 1 aromatic carbocycles. The number of nitriles is 1. The SMILES string of the molecule is Cc1cccc(OC#N)c1N=C=O. The maximum absolute atomic E-state index is 10.1. The fourth-order valence-corrected chi connectivity index (χ4v) is 0.952. The fourth-order valence-electron chi connectivity index (χ4n) is 0.952. The summed E-state index contributed by atoms with van der Waals surface area (Å²) in [5.74, 6) is 0.269. The molecule has 13 heavy (non-hydrogen) atoms. The van der Waals surface area contributed by atoms with E-state index in [1.165, 1.54) is 12.3 Å². The maximum atomic E-state index is 10.1. The van der Waals surface area contributed by atoms with Gasteiger partial charge in [-0.05, 0) is 18.6 Å². The summed E-state index contributed by atoms with van der Waals surface area (Å²) >= 11 is 0. The third kappa shape index (κ3) is 1.92. The van der Waals surface area contributed by atoms with E-state index >= 15 is 0 Å². The normalized spacial score (nSPS) is 8.31. The van der Waals surface area contributed by atoms with Crippen LogP contribution in [0.2, 0.25) is 0 Å². The molecule has 1 aromatic rings. The summed E-state index contributed by atoms with van der Waals surface area (Å²) in [6.07, 6.45) is 2.93. The van der Waals surface area contributed by atoms with Gasteiger partial charge in [-0.3, -0.25) is 0 Å². The second-order valence-corrected chi connectivity index (χ2v) is 2.32. The van der Waals surface area contributed by atoms with E-state index in [9.17, 15) is 4.79 Å². The van der Waals surface area contributed by atoms with Crippen molar-refractivity contribution in [1.82, 2.24) is 0 Å². The largest absolute Gasteiger partial charge is 0.386 e. The highest BCUT2D eigenvalue weighted by Crippen LogP contribution is 2.30. The summed E-state index contributed by atoms with van der Waals surface area (Å²) in [6, 6.07) is 5.04. The highest BCUT2D eigenvalue weighted by atomic mass is 16.5. The number of isocyanates is 1. The molecule has 0 atom stereocenters. The van der Waals surface area contributed by atoms with Crippen LogP contribution in [0.5, 0.6) is 5.75 Å². The zero-order valence-electron chi connectivity index (χ0n) is 6.94. The summed E-state index contributed by atoms with van der Waals surface area (Å²) in [4.78, 5) is 13.5. The van der Waals surface area contributed by atoms with Crippen LogP contribution in [-0.2, 0) is 4.79 Å². The molecule has 0 N–H and O–H groups in total. The van der Waals surface area contributed by atoms with Gasteiger partial charge in [-0.15, -0.1) is 5.26 Å². The molecule has 64 valence electrons. The van der Waals surface area contributed by atoms with E-state index in [1.807, 2.05) is 0 Å². The number of carbonyl (C=O) groups excluding carboxylic acids is 1. The van der Waals surface area contributed by atoms with Crippen molar-refractivity contribution in [2.24, 2.45) is 4.99 Å². The molecule has 4 nitrogen and oxygen atoms in total. The van der Waals surface area contributed by atoms with E-state index in [2.05, 4.69) is 9.73 Å². The zero-order chi connectivity index (χ0) is 9.68. The molecule has 0 unspecified atom stereocenters. The standard InChI is InChI=1S/C9H6N2O2/c1-7-3-2-4-8(13-5-10)9(7)11-6-12/h2-4H,1H3. The van der Waals surface area contributed by atoms with Crippen LogP contribution in [0.3, 0.4) is 0 Å². The number of nitrogens with zero attached hydrogens (tertiary/aromatic N) is 2. The van der Waals surface area contributed by atoms with Crippen LogP contribution in [0.1, 0.15) is 5.56 Å². The van der Waals surface area contributed by atoms with Crippen molar-refractivity contribution < 1.29 is 9.53 Å². The lowest BCUT2D eigenvalue weighted by Crippen LogP contribution is -1.84. The summed E-state index contributed by atoms with van der Waals surface area (Å²) < 4.78 is 4.60. The number of hydrogen-bond donors (Lipinski definition) is 0. The number of aliphatic imine (C=N–C) groups is 1. The number of hydrogen-bond acceptors (Lipinski definition) is 4. The maximum Gasteiger partial charge on any atom is 0.292 e. The van der Waals surface area contributed by atoms with Gasteiger partial charge in [0.25, 0.3) is 6.26 Å². The van der Waals surface area contributed by atoms with E-state index < -0.39 is 0 Å². The summed E-state index contributed by atoms with van der Waals surface area (Å²) in [5, 5.41) is 8.29. The summed E-state index contributed by atoms with van der Waals surface area (Å²) in [6.45, 7) is 1.76. The molecule has 0 spiro atoms. The highest BCUT2D eigenvalue weighted by molar-refractivity contribution is 5.62. The van der Waals surface area contributed by atoms with Gasteiger partial charge < -0.3 is 4.74 Å². The Hall–Kier alpha value is -2.11. The van der Waals surface area contributed by atoms with Gasteiger partial charge in [-0.2, -0.15) is 4.99 Å². The average Bonchev–Trinajstić information content (AvgIpc) is 2.11. The van der Waals surface area contributed by atoms with Crippen LogP contribution in [0.4, 0.5) is 5.69 Å². The molecule has 0 aliphatic rings. The van der Waals surface area contributed by atoms with E-state index in [-0.39, 0.29) is 5.75 Å². The Bertz CT molecular complexity index is 401. The van der Waals surface area contributed by atoms with E-state index in [0.29, 0.717) is 5.69 Å². The van der Waals surface area contributed by atoms with Crippen molar-refractivity contribution >= 4 is 11.8 Å². The topological polar surface area (TPSA) is 62.4 Å². The molecule has 0 amide bonds. The number of para-hydroxylation sites is 1. The van der Waals surface area contributed by atoms with Crippen molar-refractivity contribution in [3.05, 3.63) is 23.8 Å². The van der Waals surface area contributed by atoms with Gasteiger partial charge in [0.05, 0.1) is 0 Å². The molecule has 0 aliphatic carbocycles. The van der Waals surface area contributed by atoms with Gasteiger partial charge in [-0.25, -0.2) is 4.79 Å². The first kappa shape index (κ1) is 8.98. The monoisotopic (exact) mass is 174 g/mol. The third-order valence-electron chi connectivity index (χ3n) is 1.51. The Balaban J connectivity index is 3.26. The molecule has 1 rings (SSSR count). The molecule has 0 fully saturated rings. The number of benzene rings is 1. The lowest BCUT2D eigenvalue weighted by molar-refractivity contribution is 0.507. The molecule has 4 heteroatoms. The van der Waals surface area contributed by atoms with Crippen LogP contribution >= 0.6 is 0 Å². The van der Waals surface area contributed by atoms with Crippen molar-refractivity contribution in [2.45, 2.75) is 6.92 Å². The minimum atomic E-state index is 0.269. The Morgan fingerprint density at radius 2 is 2.31 bits per heavy atom. The second-order valence-electron chi connectivity index (χ2n) is 2.32. The van der Waals surface area contributed by atoms with E-state index in [4.69, 9.17) is 5.26 Å².